The van der Waals surface area contributed by atoms with Crippen molar-refractivity contribution in [3.05, 3.63) is 26.4 Å². The third-order valence-electron chi connectivity index (χ3n) is 10.4. The Balaban J connectivity index is 1.22. The molecular formula is C27H38N6O7S. The van der Waals surface area contributed by atoms with Gasteiger partial charge >= 0.3 is 11.7 Å². The van der Waals surface area contributed by atoms with Gasteiger partial charge in [-0.2, -0.15) is 0 Å². The minimum atomic E-state index is -3.06. The quantitative estimate of drug-likeness (QED) is 0.246. The molecule has 0 unspecified atom stereocenters. The molecule has 0 bridgehead atoms. The second kappa shape index (κ2) is 9.43. The first-order chi connectivity index (χ1) is 19.3. The van der Waals surface area contributed by atoms with E-state index in [1.165, 1.54) is 11.6 Å². The lowest BCUT2D eigenvalue weighted by Crippen LogP contribution is -2.65. The van der Waals surface area contributed by atoms with Crippen LogP contribution in [0.1, 0.15) is 75.8 Å². The number of nitrogens with zero attached hydrogens (tertiary/aromatic N) is 4. The highest BCUT2D eigenvalue weighted by Gasteiger charge is 2.68. The predicted molar refractivity (Wildman–Crippen MR) is 149 cm³/mol. The molecule has 1 aromatic heterocycles. The molecule has 3 saturated carbocycles. The van der Waals surface area contributed by atoms with Gasteiger partial charge < -0.3 is 15.7 Å². The van der Waals surface area contributed by atoms with Crippen LogP contribution in [0.4, 0.5) is 4.79 Å². The second-order valence-electron chi connectivity index (χ2n) is 13.1. The van der Waals surface area contributed by atoms with Crippen LogP contribution >= 0.6 is 0 Å². The van der Waals surface area contributed by atoms with Crippen LogP contribution in [0.15, 0.2) is 9.59 Å². The first kappa shape index (κ1) is 28.0. The van der Waals surface area contributed by atoms with Crippen LogP contribution in [0, 0.1) is 22.7 Å². The van der Waals surface area contributed by atoms with Crippen molar-refractivity contribution < 1.29 is 23.1 Å². The lowest BCUT2D eigenvalue weighted by atomic mass is 9.51. The van der Waals surface area contributed by atoms with Gasteiger partial charge in [0.2, 0.25) is 5.88 Å². The number of hydrogen-bond acceptors (Lipinski definition) is 8. The van der Waals surface area contributed by atoms with Gasteiger partial charge in [-0.25, -0.2) is 18.0 Å². The monoisotopic (exact) mass is 590 g/mol. The Morgan fingerprint density at radius 3 is 2.17 bits per heavy atom. The maximum absolute atomic E-state index is 13.6. The molecule has 14 heteroatoms. The summed E-state index contributed by atoms with van der Waals surface area (Å²) < 4.78 is 25.7. The molecule has 1 aromatic rings. The number of nitrogens with one attached hydrogen (secondary N) is 1. The largest absolute Gasteiger partial charge is 0.494 e. The molecule has 0 atom stereocenters. The van der Waals surface area contributed by atoms with E-state index in [9.17, 15) is 32.7 Å². The number of amidine groups is 1. The number of carbonyl (C=O) groups is 2. The Hall–Kier alpha value is -3.16. The number of amides is 3. The van der Waals surface area contributed by atoms with Crippen molar-refractivity contribution in [2.24, 2.45) is 23.0 Å². The van der Waals surface area contributed by atoms with Crippen LogP contribution in [-0.2, 0) is 21.2 Å². The number of nitrogens with two attached hydrogens (primary N) is 1. The molecule has 3 aliphatic carbocycles. The second-order valence-corrected chi connectivity index (χ2v) is 15.3. The lowest BCUT2D eigenvalue weighted by Gasteiger charge is -2.58. The van der Waals surface area contributed by atoms with E-state index >= 15 is 0 Å². The molecule has 0 radical (unpaired) electrons. The summed E-state index contributed by atoms with van der Waals surface area (Å²) in [6, 6.07) is -0.830. The zero-order valence-corrected chi connectivity index (χ0v) is 24.1. The van der Waals surface area contributed by atoms with Crippen LogP contribution < -0.4 is 17.0 Å². The standard InChI is InChI=1S/C27H38N6O7S/c1-30-23(36)27(32(24(30)37)11-17-12-41(39,40)13-17)14-26(15-27)8-6-18(7-9-26)33-22(35)19(20(28)29)21(34)31(25(33)38)10-16-4-2-3-5-16/h16-18,34H,2-15H2,1H3,(H3,28,29). The van der Waals surface area contributed by atoms with E-state index in [0.29, 0.717) is 38.5 Å². The van der Waals surface area contributed by atoms with Crippen molar-refractivity contribution in [3.63, 3.8) is 0 Å². The van der Waals surface area contributed by atoms with Crippen LogP contribution in [0.25, 0.3) is 0 Å². The summed E-state index contributed by atoms with van der Waals surface area (Å²) in [6.07, 6.45) is 7.16. The van der Waals surface area contributed by atoms with E-state index in [0.717, 1.165) is 35.2 Å². The Kier molecular flexibility index (Phi) is 6.44. The maximum Gasteiger partial charge on any atom is 0.334 e. The van der Waals surface area contributed by atoms with Gasteiger partial charge in [-0.3, -0.25) is 29.0 Å². The minimum Gasteiger partial charge on any atom is -0.494 e. The molecule has 3 amide bonds. The molecule has 2 saturated heterocycles. The fourth-order valence-corrected chi connectivity index (χ4v) is 9.90. The molecular weight excluding hydrogens is 552 g/mol. The number of aromatic hydroxyl groups is 1. The maximum atomic E-state index is 13.6. The third kappa shape index (κ3) is 4.31. The smallest absolute Gasteiger partial charge is 0.334 e. The van der Waals surface area contributed by atoms with Crippen molar-refractivity contribution in [1.29, 1.82) is 5.41 Å². The number of carbonyl (C=O) groups excluding carboxylic acids is 2. The summed E-state index contributed by atoms with van der Waals surface area (Å²) in [5.74, 6) is -1.29. The van der Waals surface area contributed by atoms with E-state index in [1.807, 2.05) is 0 Å². The summed E-state index contributed by atoms with van der Waals surface area (Å²) in [5.41, 5.74) is 2.80. The van der Waals surface area contributed by atoms with E-state index < -0.39 is 50.4 Å². The molecule has 224 valence electrons. The number of urea groups is 1. The number of rotatable bonds is 6. The first-order valence-corrected chi connectivity index (χ1v) is 16.3. The summed E-state index contributed by atoms with van der Waals surface area (Å²) in [5, 5.41) is 18.7. The first-order valence-electron chi connectivity index (χ1n) is 14.5. The molecule has 0 aromatic carbocycles. The lowest BCUT2D eigenvalue weighted by molar-refractivity contribution is -0.150. The number of likely N-dealkylation sites (N-methyl/N-ethyl adjacent to an activating group) is 1. The Morgan fingerprint density at radius 1 is 1.00 bits per heavy atom. The molecule has 5 fully saturated rings. The van der Waals surface area contributed by atoms with Crippen LogP contribution in [0.2, 0.25) is 0 Å². The molecule has 6 rings (SSSR count). The van der Waals surface area contributed by atoms with Gasteiger partial charge in [0.25, 0.3) is 11.5 Å². The fourth-order valence-electron chi connectivity index (χ4n) is 8.35. The number of aromatic nitrogens is 2. The van der Waals surface area contributed by atoms with Gasteiger partial charge in [0.15, 0.2) is 9.84 Å². The number of imide groups is 1. The third-order valence-corrected chi connectivity index (χ3v) is 12.4. The van der Waals surface area contributed by atoms with Gasteiger partial charge in [0, 0.05) is 32.1 Å². The number of nitrogen functional groups attached to an aromatic ring is 1. The van der Waals surface area contributed by atoms with E-state index in [1.54, 1.807) is 4.90 Å². The summed E-state index contributed by atoms with van der Waals surface area (Å²) in [4.78, 5) is 55.9. The normalized spacial score (nSPS) is 25.7. The predicted octanol–water partition coefficient (Wildman–Crippen LogP) is 0.763. The zero-order chi connectivity index (χ0) is 29.5. The van der Waals surface area contributed by atoms with E-state index in [2.05, 4.69) is 0 Å². The van der Waals surface area contributed by atoms with Crippen LogP contribution in [0.3, 0.4) is 0 Å². The number of sulfone groups is 1. The molecule has 4 N–H and O–H groups in total. The highest BCUT2D eigenvalue weighted by Crippen LogP contribution is 2.62. The molecule has 2 aliphatic heterocycles. The minimum absolute atomic E-state index is 0.0273. The van der Waals surface area contributed by atoms with Crippen molar-refractivity contribution in [3.8, 4) is 5.88 Å². The van der Waals surface area contributed by atoms with E-state index in [-0.39, 0.29) is 53.3 Å². The van der Waals surface area contributed by atoms with Crippen molar-refractivity contribution in [2.45, 2.75) is 82.3 Å². The van der Waals surface area contributed by atoms with Gasteiger partial charge in [0.05, 0.1) is 11.5 Å². The van der Waals surface area contributed by atoms with Gasteiger partial charge in [-0.1, -0.05) is 12.8 Å². The summed E-state index contributed by atoms with van der Waals surface area (Å²) >= 11 is 0. The molecule has 13 nitrogen and oxygen atoms in total. The Labute approximate surface area is 237 Å². The van der Waals surface area contributed by atoms with Gasteiger partial charge in [-0.05, 0) is 62.7 Å². The fraction of sp³-hybridized carbons (Fsp3) is 0.741. The SMILES string of the molecule is CN1C(=O)N(CC2CS(=O)(=O)C2)C2(CC3(CCC(n4c(=O)c(C(=N)N)c(O)n(CC5CCCC5)c4=O)CC3)C2)C1=O. The van der Waals surface area contributed by atoms with Crippen LogP contribution in [-0.4, -0.2) is 80.9 Å². The Bertz CT molecular complexity index is 1530. The van der Waals surface area contributed by atoms with Crippen molar-refractivity contribution in [2.75, 3.05) is 25.1 Å². The molecule has 41 heavy (non-hydrogen) atoms. The van der Waals surface area contributed by atoms with Crippen molar-refractivity contribution in [1.82, 2.24) is 18.9 Å². The molecule has 3 heterocycles. The molecule has 5 aliphatic rings. The highest BCUT2D eigenvalue weighted by molar-refractivity contribution is 7.92. The highest BCUT2D eigenvalue weighted by atomic mass is 32.2. The average molecular weight is 591 g/mol. The van der Waals surface area contributed by atoms with Crippen molar-refractivity contribution >= 4 is 27.6 Å². The van der Waals surface area contributed by atoms with Gasteiger partial charge in [0.1, 0.15) is 16.9 Å². The molecule has 2 spiro atoms. The number of hydrogen-bond donors (Lipinski definition) is 3. The topological polar surface area (TPSA) is 189 Å². The van der Waals surface area contributed by atoms with Crippen LogP contribution in [0.5, 0.6) is 5.88 Å². The zero-order valence-electron chi connectivity index (χ0n) is 23.3. The summed E-state index contributed by atoms with van der Waals surface area (Å²) in [7, 11) is -1.59. The summed E-state index contributed by atoms with van der Waals surface area (Å²) in [6.45, 7) is 0.510. The Morgan fingerprint density at radius 2 is 1.61 bits per heavy atom. The van der Waals surface area contributed by atoms with E-state index in [4.69, 9.17) is 11.1 Å². The van der Waals surface area contributed by atoms with Gasteiger partial charge in [-0.15, -0.1) is 0 Å². The average Bonchev–Trinajstić information content (AvgIpc) is 3.44.